The first-order chi connectivity index (χ1) is 9.78. The predicted octanol–water partition coefficient (Wildman–Crippen LogP) is 1.11. The molecule has 3 N–H and O–H groups in total. The molecule has 3 rings (SSSR count). The minimum atomic E-state index is -0.0116. The third-order valence-electron chi connectivity index (χ3n) is 3.42. The molecule has 0 amide bonds. The van der Waals surface area contributed by atoms with Crippen LogP contribution in [0.2, 0.25) is 0 Å². The fourth-order valence-electron chi connectivity index (χ4n) is 2.27. The van der Waals surface area contributed by atoms with Gasteiger partial charge in [-0.15, -0.1) is 0 Å². The van der Waals surface area contributed by atoms with Crippen LogP contribution in [-0.4, -0.2) is 19.7 Å². The van der Waals surface area contributed by atoms with Gasteiger partial charge in [0.15, 0.2) is 0 Å². The lowest BCUT2D eigenvalue weighted by Crippen LogP contribution is -2.30. The number of hydrogen-bond donors (Lipinski definition) is 2. The van der Waals surface area contributed by atoms with Crippen LogP contribution in [0.5, 0.6) is 0 Å². The molecule has 0 spiro atoms. The standard InChI is InChI=1S/C14H16N6/c1-20-14(17-9-18-20)8-13(19-15)11-4-5-12-10(7-11)3-2-6-16-12/h2-7,9,13,19H,8,15H2,1H3. The quantitative estimate of drug-likeness (QED) is 0.547. The summed E-state index contributed by atoms with van der Waals surface area (Å²) < 4.78 is 1.76. The highest BCUT2D eigenvalue weighted by Crippen LogP contribution is 2.21. The number of fused-ring (bicyclic) bond motifs is 1. The Balaban J connectivity index is 1.92. The average molecular weight is 268 g/mol. The zero-order valence-corrected chi connectivity index (χ0v) is 11.2. The van der Waals surface area contributed by atoms with E-state index >= 15 is 0 Å². The van der Waals surface area contributed by atoms with Crippen LogP contribution in [0.15, 0.2) is 42.9 Å². The predicted molar refractivity (Wildman–Crippen MR) is 76.5 cm³/mol. The molecule has 6 heteroatoms. The number of nitrogens with two attached hydrogens (primary N) is 1. The molecule has 0 fully saturated rings. The fraction of sp³-hybridized carbons (Fsp3) is 0.214. The number of rotatable bonds is 4. The van der Waals surface area contributed by atoms with Crippen molar-refractivity contribution in [3.8, 4) is 0 Å². The van der Waals surface area contributed by atoms with Gasteiger partial charge in [0.05, 0.1) is 11.6 Å². The van der Waals surface area contributed by atoms with Gasteiger partial charge in [0.1, 0.15) is 12.2 Å². The summed E-state index contributed by atoms with van der Waals surface area (Å²) in [4.78, 5) is 8.55. The van der Waals surface area contributed by atoms with Gasteiger partial charge in [-0.2, -0.15) is 5.10 Å². The summed E-state index contributed by atoms with van der Waals surface area (Å²) in [6.07, 6.45) is 4.02. The highest BCUT2D eigenvalue weighted by atomic mass is 15.3. The molecule has 102 valence electrons. The van der Waals surface area contributed by atoms with E-state index in [1.165, 1.54) is 0 Å². The lowest BCUT2D eigenvalue weighted by atomic mass is 10.0. The van der Waals surface area contributed by atoms with Gasteiger partial charge in [0.2, 0.25) is 0 Å². The molecule has 0 aliphatic rings. The second-order valence-electron chi connectivity index (χ2n) is 4.68. The van der Waals surface area contributed by atoms with Crippen LogP contribution in [0.25, 0.3) is 10.9 Å². The summed E-state index contributed by atoms with van der Waals surface area (Å²) >= 11 is 0. The van der Waals surface area contributed by atoms with Crippen molar-refractivity contribution in [1.29, 1.82) is 0 Å². The molecule has 20 heavy (non-hydrogen) atoms. The highest BCUT2D eigenvalue weighted by molar-refractivity contribution is 5.79. The Morgan fingerprint density at radius 3 is 2.95 bits per heavy atom. The maximum absolute atomic E-state index is 5.69. The van der Waals surface area contributed by atoms with E-state index in [4.69, 9.17) is 5.84 Å². The molecule has 0 aliphatic heterocycles. The Labute approximate surface area is 116 Å². The lowest BCUT2D eigenvalue weighted by Gasteiger charge is -2.16. The van der Waals surface area contributed by atoms with E-state index in [2.05, 4.69) is 26.6 Å². The number of nitrogens with one attached hydrogen (secondary N) is 1. The van der Waals surface area contributed by atoms with Crippen molar-refractivity contribution < 1.29 is 0 Å². The first-order valence-electron chi connectivity index (χ1n) is 6.41. The monoisotopic (exact) mass is 268 g/mol. The summed E-state index contributed by atoms with van der Waals surface area (Å²) in [7, 11) is 1.88. The molecular weight excluding hydrogens is 252 g/mol. The topological polar surface area (TPSA) is 81.7 Å². The van der Waals surface area contributed by atoms with Crippen LogP contribution >= 0.6 is 0 Å². The van der Waals surface area contributed by atoms with Crippen LogP contribution in [0.3, 0.4) is 0 Å². The second-order valence-corrected chi connectivity index (χ2v) is 4.68. The summed E-state index contributed by atoms with van der Waals surface area (Å²) in [5.74, 6) is 6.58. The number of hydrazine groups is 1. The molecule has 1 aromatic carbocycles. The Bertz CT molecular complexity index is 720. The normalized spacial score (nSPS) is 12.7. The van der Waals surface area contributed by atoms with Gasteiger partial charge >= 0.3 is 0 Å². The SMILES string of the molecule is Cn1ncnc1CC(NN)c1ccc2ncccc2c1. The number of nitrogens with zero attached hydrogens (tertiary/aromatic N) is 4. The molecular formula is C14H16N6. The Kier molecular flexibility index (Phi) is 3.41. The molecule has 6 nitrogen and oxygen atoms in total. The lowest BCUT2D eigenvalue weighted by molar-refractivity contribution is 0.523. The van der Waals surface area contributed by atoms with Crippen molar-refractivity contribution in [2.24, 2.45) is 12.9 Å². The third-order valence-corrected chi connectivity index (χ3v) is 3.42. The fourth-order valence-corrected chi connectivity index (χ4v) is 2.27. The van der Waals surface area contributed by atoms with Gasteiger partial charge in [-0.25, -0.2) is 4.98 Å². The maximum Gasteiger partial charge on any atom is 0.138 e. The summed E-state index contributed by atoms with van der Waals surface area (Å²) in [5, 5.41) is 5.17. The van der Waals surface area contributed by atoms with E-state index in [9.17, 15) is 0 Å². The van der Waals surface area contributed by atoms with E-state index < -0.39 is 0 Å². The van der Waals surface area contributed by atoms with E-state index in [1.54, 1.807) is 17.2 Å². The van der Waals surface area contributed by atoms with Crippen LogP contribution < -0.4 is 11.3 Å². The highest BCUT2D eigenvalue weighted by Gasteiger charge is 2.14. The Hall–Kier alpha value is -2.31. The number of aromatic nitrogens is 4. The number of hydrogen-bond acceptors (Lipinski definition) is 5. The number of pyridine rings is 1. The van der Waals surface area contributed by atoms with Gasteiger partial charge < -0.3 is 0 Å². The molecule has 0 bridgehead atoms. The summed E-state index contributed by atoms with van der Waals surface area (Å²) in [6.45, 7) is 0. The average Bonchev–Trinajstić information content (AvgIpc) is 2.89. The van der Waals surface area contributed by atoms with Gasteiger partial charge in [-0.05, 0) is 23.8 Å². The van der Waals surface area contributed by atoms with Crippen LogP contribution in [0.4, 0.5) is 0 Å². The van der Waals surface area contributed by atoms with Crippen LogP contribution in [-0.2, 0) is 13.5 Å². The molecule has 0 saturated heterocycles. The third kappa shape index (κ3) is 2.38. The minimum Gasteiger partial charge on any atom is -0.271 e. The molecule has 0 saturated carbocycles. The minimum absolute atomic E-state index is 0.0116. The van der Waals surface area contributed by atoms with Crippen molar-refractivity contribution in [2.45, 2.75) is 12.5 Å². The van der Waals surface area contributed by atoms with Crippen molar-refractivity contribution >= 4 is 10.9 Å². The molecule has 2 aromatic heterocycles. The number of aryl methyl sites for hydroxylation is 1. The summed E-state index contributed by atoms with van der Waals surface area (Å²) in [5.41, 5.74) is 4.93. The van der Waals surface area contributed by atoms with Crippen molar-refractivity contribution in [3.05, 3.63) is 54.2 Å². The molecule has 1 atom stereocenters. The van der Waals surface area contributed by atoms with Gasteiger partial charge in [-0.1, -0.05) is 12.1 Å². The van der Waals surface area contributed by atoms with Crippen LogP contribution in [0.1, 0.15) is 17.4 Å². The Morgan fingerprint density at radius 1 is 1.30 bits per heavy atom. The molecule has 3 aromatic rings. The molecule has 0 aliphatic carbocycles. The first-order valence-corrected chi connectivity index (χ1v) is 6.41. The zero-order chi connectivity index (χ0) is 13.9. The molecule has 2 heterocycles. The number of benzene rings is 1. The van der Waals surface area contributed by atoms with E-state index in [1.807, 2.05) is 31.3 Å². The molecule has 0 radical (unpaired) electrons. The van der Waals surface area contributed by atoms with E-state index in [0.717, 1.165) is 22.3 Å². The summed E-state index contributed by atoms with van der Waals surface area (Å²) in [6, 6.07) is 10.1. The smallest absolute Gasteiger partial charge is 0.138 e. The van der Waals surface area contributed by atoms with Crippen molar-refractivity contribution in [2.75, 3.05) is 0 Å². The van der Waals surface area contributed by atoms with Gasteiger partial charge in [-0.3, -0.25) is 20.9 Å². The van der Waals surface area contributed by atoms with Crippen LogP contribution in [0, 0.1) is 0 Å². The molecule has 1 unspecified atom stereocenters. The second kappa shape index (κ2) is 5.36. The van der Waals surface area contributed by atoms with E-state index in [-0.39, 0.29) is 6.04 Å². The maximum atomic E-state index is 5.69. The van der Waals surface area contributed by atoms with E-state index in [0.29, 0.717) is 6.42 Å². The van der Waals surface area contributed by atoms with Crippen molar-refractivity contribution in [3.63, 3.8) is 0 Å². The largest absolute Gasteiger partial charge is 0.271 e. The first kappa shape index (κ1) is 12.7. The Morgan fingerprint density at radius 2 is 2.20 bits per heavy atom. The zero-order valence-electron chi connectivity index (χ0n) is 11.2. The van der Waals surface area contributed by atoms with Gasteiger partial charge in [0.25, 0.3) is 0 Å². The van der Waals surface area contributed by atoms with Gasteiger partial charge in [0, 0.05) is 25.1 Å². The van der Waals surface area contributed by atoms with Crippen molar-refractivity contribution in [1.82, 2.24) is 25.2 Å².